The molecule has 1 aromatic heterocycles. The van der Waals surface area contributed by atoms with Crippen LogP contribution in [0.1, 0.15) is 24.4 Å². The summed E-state index contributed by atoms with van der Waals surface area (Å²) in [5, 5.41) is 10.1. The van der Waals surface area contributed by atoms with Crippen LogP contribution in [-0.4, -0.2) is 46.8 Å². The lowest BCUT2D eigenvalue weighted by Crippen LogP contribution is -2.33. The van der Waals surface area contributed by atoms with Gasteiger partial charge in [-0.1, -0.05) is 0 Å². The topological polar surface area (TPSA) is 114 Å². The molecule has 12 heteroatoms. The molecule has 0 bridgehead atoms. The normalized spacial score (nSPS) is 22.3. The fourth-order valence-electron chi connectivity index (χ4n) is 4.25. The summed E-state index contributed by atoms with van der Waals surface area (Å²) in [4.78, 5) is 28.1. The van der Waals surface area contributed by atoms with E-state index in [0.717, 1.165) is 0 Å². The highest BCUT2D eigenvalue weighted by molar-refractivity contribution is 5.92. The first-order valence-electron chi connectivity index (χ1n) is 9.42. The second kappa shape index (κ2) is 6.98. The van der Waals surface area contributed by atoms with Crippen LogP contribution >= 0.6 is 0 Å². The Bertz CT molecular complexity index is 1120. The maximum atomic E-state index is 15.1. The van der Waals surface area contributed by atoms with Crippen molar-refractivity contribution in [3.63, 3.8) is 0 Å². The molecule has 2 fully saturated rings. The number of nitrogens with two attached hydrogens (primary N) is 1. The summed E-state index contributed by atoms with van der Waals surface area (Å²) in [6, 6.07) is -0.204. The SMILES string of the molecule is Cc1c(N2CC(CN)C(OC(F)(F)F)C2)c(F)c(O)c2c(=O)[nH]c(=O)n(C3CC3)c12. The van der Waals surface area contributed by atoms with Gasteiger partial charge >= 0.3 is 12.1 Å². The van der Waals surface area contributed by atoms with Gasteiger partial charge in [-0.2, -0.15) is 0 Å². The number of benzene rings is 1. The van der Waals surface area contributed by atoms with Gasteiger partial charge in [0.15, 0.2) is 11.6 Å². The molecular weight excluding hydrogens is 412 g/mol. The van der Waals surface area contributed by atoms with E-state index < -0.39 is 41.2 Å². The van der Waals surface area contributed by atoms with E-state index in [0.29, 0.717) is 12.8 Å². The van der Waals surface area contributed by atoms with Crippen LogP contribution in [0.5, 0.6) is 5.75 Å². The number of rotatable bonds is 4. The Morgan fingerprint density at radius 3 is 2.50 bits per heavy atom. The number of fused-ring (bicyclic) bond motifs is 1. The number of alkyl halides is 3. The molecule has 1 saturated heterocycles. The number of hydrogen-bond donors (Lipinski definition) is 3. The third kappa shape index (κ3) is 3.33. The van der Waals surface area contributed by atoms with E-state index in [4.69, 9.17) is 5.73 Å². The van der Waals surface area contributed by atoms with Gasteiger partial charge in [-0.05, 0) is 26.3 Å². The van der Waals surface area contributed by atoms with E-state index in [1.807, 2.05) is 0 Å². The molecule has 0 amide bonds. The molecule has 2 unspecified atom stereocenters. The van der Waals surface area contributed by atoms with Crippen LogP contribution in [0.25, 0.3) is 10.9 Å². The largest absolute Gasteiger partial charge is 0.522 e. The maximum absolute atomic E-state index is 15.1. The first-order chi connectivity index (χ1) is 14.0. The average molecular weight is 432 g/mol. The summed E-state index contributed by atoms with van der Waals surface area (Å²) in [5.74, 6) is -2.83. The quantitative estimate of drug-likeness (QED) is 0.631. The number of aromatic nitrogens is 2. The molecule has 2 aromatic rings. The van der Waals surface area contributed by atoms with Crippen molar-refractivity contribution in [2.45, 2.75) is 38.3 Å². The third-order valence-electron chi connectivity index (χ3n) is 5.70. The van der Waals surface area contributed by atoms with Gasteiger partial charge in [-0.25, -0.2) is 9.18 Å². The van der Waals surface area contributed by atoms with Crippen molar-refractivity contribution in [1.29, 1.82) is 0 Å². The van der Waals surface area contributed by atoms with E-state index >= 15 is 4.39 Å². The van der Waals surface area contributed by atoms with E-state index in [-0.39, 0.29) is 47.8 Å². The molecule has 8 nitrogen and oxygen atoms in total. The number of phenolic OH excluding ortho intramolecular Hbond substituents is 1. The minimum atomic E-state index is -4.88. The lowest BCUT2D eigenvalue weighted by molar-refractivity contribution is -0.343. The number of phenols is 1. The van der Waals surface area contributed by atoms with Gasteiger partial charge in [0.05, 0.1) is 17.3 Å². The molecule has 4 rings (SSSR count). The second-order valence-corrected chi connectivity index (χ2v) is 7.72. The van der Waals surface area contributed by atoms with Crippen LogP contribution < -0.4 is 21.9 Å². The van der Waals surface area contributed by atoms with E-state index in [2.05, 4.69) is 9.72 Å². The lowest BCUT2D eigenvalue weighted by Gasteiger charge is -2.24. The molecule has 0 spiro atoms. The molecule has 0 radical (unpaired) electrons. The van der Waals surface area contributed by atoms with Gasteiger partial charge < -0.3 is 15.7 Å². The smallest absolute Gasteiger partial charge is 0.504 e. The summed E-state index contributed by atoms with van der Waals surface area (Å²) >= 11 is 0. The van der Waals surface area contributed by atoms with Crippen molar-refractivity contribution in [2.24, 2.45) is 11.7 Å². The van der Waals surface area contributed by atoms with Crippen LogP contribution in [-0.2, 0) is 4.74 Å². The predicted molar refractivity (Wildman–Crippen MR) is 99.1 cm³/mol. The van der Waals surface area contributed by atoms with Crippen LogP contribution in [0.15, 0.2) is 9.59 Å². The van der Waals surface area contributed by atoms with Crippen LogP contribution in [0.2, 0.25) is 0 Å². The summed E-state index contributed by atoms with van der Waals surface area (Å²) in [6.45, 7) is 0.981. The van der Waals surface area contributed by atoms with Crippen LogP contribution in [0, 0.1) is 18.7 Å². The molecule has 2 heterocycles. The van der Waals surface area contributed by atoms with Gasteiger partial charge in [-0.15, -0.1) is 13.2 Å². The monoisotopic (exact) mass is 432 g/mol. The van der Waals surface area contributed by atoms with Crippen LogP contribution in [0.4, 0.5) is 23.2 Å². The van der Waals surface area contributed by atoms with Crippen molar-refractivity contribution < 1.29 is 27.4 Å². The Morgan fingerprint density at radius 1 is 1.27 bits per heavy atom. The lowest BCUT2D eigenvalue weighted by atomic mass is 10.1. The van der Waals surface area contributed by atoms with Gasteiger partial charge in [-0.3, -0.25) is 19.1 Å². The molecule has 1 aliphatic heterocycles. The minimum absolute atomic E-state index is 0.0448. The Kier molecular flexibility index (Phi) is 4.81. The predicted octanol–water partition coefficient (Wildman–Crippen LogP) is 1.48. The molecule has 1 aromatic carbocycles. The van der Waals surface area contributed by atoms with Gasteiger partial charge in [0, 0.05) is 30.6 Å². The van der Waals surface area contributed by atoms with E-state index in [9.17, 15) is 27.9 Å². The van der Waals surface area contributed by atoms with Gasteiger partial charge in [0.25, 0.3) is 5.56 Å². The van der Waals surface area contributed by atoms with E-state index in [1.54, 1.807) is 0 Å². The number of H-pyrrole nitrogens is 1. The number of hydrogen-bond acceptors (Lipinski definition) is 6. The Hall–Kier alpha value is -2.60. The first kappa shape index (κ1) is 20.7. The summed E-state index contributed by atoms with van der Waals surface area (Å²) in [7, 11) is 0. The zero-order valence-electron chi connectivity index (χ0n) is 15.9. The fraction of sp³-hybridized carbons (Fsp3) is 0.556. The second-order valence-electron chi connectivity index (χ2n) is 7.72. The number of halogens is 4. The van der Waals surface area contributed by atoms with Crippen molar-refractivity contribution in [3.8, 4) is 5.75 Å². The zero-order chi connectivity index (χ0) is 22.0. The summed E-state index contributed by atoms with van der Waals surface area (Å²) in [5.41, 5.74) is 4.04. The molecular formula is C18H20F4N4O4. The van der Waals surface area contributed by atoms with Gasteiger partial charge in [0.2, 0.25) is 0 Å². The standard InChI is InChI=1S/C18H20F4N4O4/c1-7-13-11(16(28)24-17(29)26(13)9-2-3-9)15(27)12(19)14(7)25-5-8(4-23)10(6-25)30-18(20,21)22/h8-10,27H,2-6,23H2,1H3,(H,24,28,29). The van der Waals surface area contributed by atoms with E-state index in [1.165, 1.54) is 16.4 Å². The number of nitrogens with one attached hydrogen (secondary N) is 1. The highest BCUT2D eigenvalue weighted by Crippen LogP contribution is 2.43. The third-order valence-corrected chi connectivity index (χ3v) is 5.70. The molecule has 1 aliphatic carbocycles. The van der Waals surface area contributed by atoms with Crippen molar-refractivity contribution in [2.75, 3.05) is 24.5 Å². The van der Waals surface area contributed by atoms with Crippen LogP contribution in [0.3, 0.4) is 0 Å². The summed E-state index contributed by atoms with van der Waals surface area (Å²) in [6.07, 6.45) is -4.85. The Morgan fingerprint density at radius 2 is 1.93 bits per heavy atom. The zero-order valence-corrected chi connectivity index (χ0v) is 15.9. The Labute approximate surface area is 166 Å². The van der Waals surface area contributed by atoms with Crippen molar-refractivity contribution >= 4 is 16.6 Å². The minimum Gasteiger partial charge on any atom is -0.504 e. The number of nitrogens with zero attached hydrogens (tertiary/aromatic N) is 2. The Balaban J connectivity index is 1.89. The number of aromatic hydroxyl groups is 1. The number of anilines is 1. The number of ether oxygens (including phenoxy) is 1. The summed E-state index contributed by atoms with van der Waals surface area (Å²) < 4.78 is 58.8. The van der Waals surface area contributed by atoms with Gasteiger partial charge in [0.1, 0.15) is 5.39 Å². The average Bonchev–Trinajstić information content (AvgIpc) is 3.39. The maximum Gasteiger partial charge on any atom is 0.522 e. The highest BCUT2D eigenvalue weighted by atomic mass is 19.4. The molecule has 2 atom stereocenters. The fourth-order valence-corrected chi connectivity index (χ4v) is 4.25. The van der Waals surface area contributed by atoms with Crippen molar-refractivity contribution in [3.05, 3.63) is 32.2 Å². The molecule has 2 aliphatic rings. The molecule has 30 heavy (non-hydrogen) atoms. The molecule has 1 saturated carbocycles. The first-order valence-corrected chi connectivity index (χ1v) is 9.42. The number of aromatic amines is 1. The molecule has 4 N–H and O–H groups in total. The van der Waals surface area contributed by atoms with Crippen molar-refractivity contribution in [1.82, 2.24) is 9.55 Å². The number of aryl methyl sites for hydroxylation is 1. The highest BCUT2D eigenvalue weighted by Gasteiger charge is 2.43. The molecule has 164 valence electrons.